The number of hydrogen-bond donors (Lipinski definition) is 1. The summed E-state index contributed by atoms with van der Waals surface area (Å²) in [7, 11) is 4.06. The van der Waals surface area contributed by atoms with Crippen molar-refractivity contribution in [3.63, 3.8) is 0 Å². The molecular weight excluding hydrogens is 392 g/mol. The molecule has 4 nitrogen and oxygen atoms in total. The van der Waals surface area contributed by atoms with Gasteiger partial charge in [-0.25, -0.2) is 0 Å². The van der Waals surface area contributed by atoms with Crippen molar-refractivity contribution in [1.82, 2.24) is 5.32 Å². The van der Waals surface area contributed by atoms with E-state index in [4.69, 9.17) is 21.1 Å². The van der Waals surface area contributed by atoms with Gasteiger partial charge in [-0.2, -0.15) is 0 Å². The minimum absolute atomic E-state index is 0.00565. The Labute approximate surface area is 155 Å². The summed E-state index contributed by atoms with van der Waals surface area (Å²) in [5, 5.41) is 4.06. The molecule has 0 aliphatic carbocycles. The smallest absolute Gasteiger partial charge is 0.135 e. The van der Waals surface area contributed by atoms with E-state index in [1.165, 1.54) is 5.69 Å². The molecule has 128 valence electrons. The minimum atomic E-state index is -0.0940. The summed E-state index contributed by atoms with van der Waals surface area (Å²) in [4.78, 5) is 2.08. The van der Waals surface area contributed by atoms with Crippen LogP contribution in [-0.4, -0.2) is 33.4 Å². The molecule has 0 radical (unpaired) electrons. The van der Waals surface area contributed by atoms with E-state index in [9.17, 15) is 0 Å². The monoisotopic (exact) mass is 410 g/mol. The molecule has 1 aliphatic heterocycles. The average Bonchev–Trinajstić information content (AvgIpc) is 3.03. The second-order valence-corrected chi connectivity index (χ2v) is 7.21. The quantitative estimate of drug-likeness (QED) is 0.798. The van der Waals surface area contributed by atoms with E-state index in [1.54, 1.807) is 0 Å². The zero-order valence-corrected chi connectivity index (χ0v) is 16.0. The molecule has 0 bridgehead atoms. The number of rotatable bonds is 5. The molecule has 1 heterocycles. The Hall–Kier alpha value is -1.27. The Kier molecular flexibility index (Phi) is 5.66. The Bertz CT molecular complexity index is 694. The number of hydrogen-bond acceptors (Lipinski definition) is 4. The van der Waals surface area contributed by atoms with Crippen LogP contribution in [0.4, 0.5) is 5.69 Å². The molecule has 1 saturated heterocycles. The maximum Gasteiger partial charge on any atom is 0.135 e. The van der Waals surface area contributed by atoms with Crippen molar-refractivity contribution in [2.45, 2.75) is 12.3 Å². The van der Waals surface area contributed by atoms with Gasteiger partial charge in [0.05, 0.1) is 4.47 Å². The standard InChI is InChI=1S/C18H20BrClN2O2/c1-22(2)14-6-3-12(4-7-14)18-21-10-15(24-18)11-23-17-8-5-13(20)9-16(17)19/h3-9,15,18,21H,10-11H2,1-2H3/t15-,18-/m1/s1. The van der Waals surface area contributed by atoms with E-state index < -0.39 is 0 Å². The molecule has 1 fully saturated rings. The highest BCUT2D eigenvalue weighted by atomic mass is 79.9. The second kappa shape index (κ2) is 7.74. The van der Waals surface area contributed by atoms with Gasteiger partial charge in [0.15, 0.2) is 0 Å². The third-order valence-electron chi connectivity index (χ3n) is 3.89. The van der Waals surface area contributed by atoms with Crippen molar-refractivity contribution in [2.24, 2.45) is 0 Å². The van der Waals surface area contributed by atoms with Crippen molar-refractivity contribution in [2.75, 3.05) is 32.1 Å². The van der Waals surface area contributed by atoms with Crippen molar-refractivity contribution in [3.8, 4) is 5.75 Å². The molecule has 0 saturated carbocycles. The van der Waals surface area contributed by atoms with E-state index in [1.807, 2.05) is 32.3 Å². The molecule has 2 aromatic carbocycles. The van der Waals surface area contributed by atoms with Crippen LogP contribution >= 0.6 is 27.5 Å². The van der Waals surface area contributed by atoms with Crippen molar-refractivity contribution in [1.29, 1.82) is 0 Å². The number of ether oxygens (including phenoxy) is 2. The van der Waals surface area contributed by atoms with Gasteiger partial charge in [0, 0.05) is 31.4 Å². The maximum absolute atomic E-state index is 6.04. The molecule has 1 N–H and O–H groups in total. The van der Waals surface area contributed by atoms with Gasteiger partial charge < -0.3 is 14.4 Å². The van der Waals surface area contributed by atoms with Crippen LogP contribution in [0.5, 0.6) is 5.75 Å². The summed E-state index contributed by atoms with van der Waals surface area (Å²) in [6.07, 6.45) is -0.0884. The molecular formula is C18H20BrClN2O2. The first-order chi connectivity index (χ1) is 11.5. The third-order valence-corrected chi connectivity index (χ3v) is 4.75. The molecule has 0 unspecified atom stereocenters. The topological polar surface area (TPSA) is 33.7 Å². The number of nitrogens with one attached hydrogen (secondary N) is 1. The molecule has 2 aromatic rings. The number of benzene rings is 2. The van der Waals surface area contributed by atoms with Crippen LogP contribution in [0.1, 0.15) is 11.8 Å². The lowest BCUT2D eigenvalue weighted by molar-refractivity contribution is 0.0157. The molecule has 3 rings (SSSR count). The predicted octanol–water partition coefficient (Wildman–Crippen LogP) is 4.23. The first kappa shape index (κ1) is 17.5. The van der Waals surface area contributed by atoms with Crippen molar-refractivity contribution < 1.29 is 9.47 Å². The Morgan fingerprint density at radius 3 is 2.67 bits per heavy atom. The molecule has 2 atom stereocenters. The van der Waals surface area contributed by atoms with Crippen LogP contribution in [0, 0.1) is 0 Å². The lowest BCUT2D eigenvalue weighted by atomic mass is 10.2. The zero-order valence-electron chi connectivity index (χ0n) is 13.6. The largest absolute Gasteiger partial charge is 0.490 e. The summed E-state index contributed by atoms with van der Waals surface area (Å²) in [6, 6.07) is 13.8. The third kappa shape index (κ3) is 4.22. The fourth-order valence-corrected chi connectivity index (χ4v) is 3.34. The Morgan fingerprint density at radius 2 is 2.00 bits per heavy atom. The number of halogens is 2. The average molecular weight is 412 g/mol. The van der Waals surface area contributed by atoms with Gasteiger partial charge >= 0.3 is 0 Å². The summed E-state index contributed by atoms with van der Waals surface area (Å²) < 4.78 is 12.7. The van der Waals surface area contributed by atoms with E-state index in [-0.39, 0.29) is 12.3 Å². The van der Waals surface area contributed by atoms with Gasteiger partial charge in [0.2, 0.25) is 0 Å². The van der Waals surface area contributed by atoms with Gasteiger partial charge in [-0.3, -0.25) is 5.32 Å². The van der Waals surface area contributed by atoms with Gasteiger partial charge in [0.25, 0.3) is 0 Å². The highest BCUT2D eigenvalue weighted by Crippen LogP contribution is 2.29. The molecule has 1 aliphatic rings. The summed E-state index contributed by atoms with van der Waals surface area (Å²) in [5.41, 5.74) is 2.29. The van der Waals surface area contributed by atoms with Gasteiger partial charge in [-0.05, 0) is 51.8 Å². The van der Waals surface area contributed by atoms with E-state index >= 15 is 0 Å². The van der Waals surface area contributed by atoms with Crippen molar-refractivity contribution >= 4 is 33.2 Å². The summed E-state index contributed by atoms with van der Waals surface area (Å²) >= 11 is 9.39. The van der Waals surface area contributed by atoms with E-state index in [2.05, 4.69) is 50.4 Å². The second-order valence-electron chi connectivity index (χ2n) is 5.92. The van der Waals surface area contributed by atoms with Crippen LogP contribution in [0.3, 0.4) is 0 Å². The first-order valence-electron chi connectivity index (χ1n) is 7.77. The van der Waals surface area contributed by atoms with Crippen molar-refractivity contribution in [3.05, 3.63) is 57.5 Å². The number of nitrogens with zero attached hydrogens (tertiary/aromatic N) is 1. The highest BCUT2D eigenvalue weighted by Gasteiger charge is 2.26. The van der Waals surface area contributed by atoms with E-state index in [0.717, 1.165) is 22.3 Å². The lowest BCUT2D eigenvalue weighted by Crippen LogP contribution is -2.22. The molecule has 24 heavy (non-hydrogen) atoms. The van der Waals surface area contributed by atoms with Crippen LogP contribution in [0.25, 0.3) is 0 Å². The fraction of sp³-hybridized carbons (Fsp3) is 0.333. The summed E-state index contributed by atoms with van der Waals surface area (Å²) in [6.45, 7) is 1.24. The number of anilines is 1. The summed E-state index contributed by atoms with van der Waals surface area (Å²) in [5.74, 6) is 0.766. The predicted molar refractivity (Wildman–Crippen MR) is 101 cm³/mol. The minimum Gasteiger partial charge on any atom is -0.490 e. The zero-order chi connectivity index (χ0) is 17.1. The van der Waals surface area contributed by atoms with Gasteiger partial charge in [0.1, 0.15) is 24.7 Å². The molecule has 0 spiro atoms. The SMILES string of the molecule is CN(C)c1ccc([C@@H]2NC[C@H](COc3ccc(Cl)cc3Br)O2)cc1. The molecule has 0 aromatic heterocycles. The van der Waals surface area contributed by atoms with E-state index in [0.29, 0.717) is 11.6 Å². The Morgan fingerprint density at radius 1 is 1.25 bits per heavy atom. The lowest BCUT2D eigenvalue weighted by Gasteiger charge is -2.16. The van der Waals surface area contributed by atoms with Crippen LogP contribution in [-0.2, 0) is 4.74 Å². The molecule has 0 amide bonds. The first-order valence-corrected chi connectivity index (χ1v) is 8.94. The van der Waals surface area contributed by atoms with Gasteiger partial charge in [-0.15, -0.1) is 0 Å². The fourth-order valence-electron chi connectivity index (χ4n) is 2.54. The normalized spacial score (nSPS) is 20.2. The Balaban J connectivity index is 1.55. The van der Waals surface area contributed by atoms with Crippen LogP contribution < -0.4 is 15.0 Å². The van der Waals surface area contributed by atoms with Crippen LogP contribution in [0.15, 0.2) is 46.9 Å². The van der Waals surface area contributed by atoms with Crippen LogP contribution in [0.2, 0.25) is 5.02 Å². The molecule has 6 heteroatoms. The highest BCUT2D eigenvalue weighted by molar-refractivity contribution is 9.10. The maximum atomic E-state index is 6.04. The van der Waals surface area contributed by atoms with Gasteiger partial charge in [-0.1, -0.05) is 23.7 Å².